The van der Waals surface area contributed by atoms with Crippen molar-refractivity contribution in [2.45, 2.75) is 58.0 Å². The molecule has 0 aromatic carbocycles. The molecule has 2 nitrogen and oxygen atoms in total. The first kappa shape index (κ1) is 12.1. The molecule has 1 fully saturated rings. The van der Waals surface area contributed by atoms with E-state index in [1.165, 1.54) is 37.8 Å². The Morgan fingerprint density at radius 3 is 3.00 bits per heavy atom. The van der Waals surface area contributed by atoms with Crippen LogP contribution in [0.4, 0.5) is 0 Å². The maximum Gasteiger partial charge on any atom is 0.0795 e. The monoisotopic (exact) mass is 238 g/mol. The van der Waals surface area contributed by atoms with E-state index in [1.54, 1.807) is 11.3 Å². The van der Waals surface area contributed by atoms with E-state index in [9.17, 15) is 0 Å². The molecule has 1 N–H and O–H groups in total. The Bertz CT molecular complexity index is 297. The minimum atomic E-state index is 0.407. The van der Waals surface area contributed by atoms with Gasteiger partial charge in [0.15, 0.2) is 0 Å². The molecule has 1 aliphatic carbocycles. The van der Waals surface area contributed by atoms with Crippen molar-refractivity contribution in [3.63, 3.8) is 0 Å². The van der Waals surface area contributed by atoms with Crippen molar-refractivity contribution in [1.29, 1.82) is 0 Å². The van der Waals surface area contributed by atoms with Gasteiger partial charge in [-0.2, -0.15) is 0 Å². The van der Waals surface area contributed by atoms with E-state index in [0.29, 0.717) is 12.1 Å². The molecule has 0 aliphatic heterocycles. The number of nitrogens with zero attached hydrogens (tertiary/aromatic N) is 1. The normalized spacial score (nSPS) is 28.6. The summed E-state index contributed by atoms with van der Waals surface area (Å²) >= 11 is 1.68. The molecule has 3 heteroatoms. The predicted molar refractivity (Wildman–Crippen MR) is 69.7 cm³/mol. The van der Waals surface area contributed by atoms with Gasteiger partial charge in [0.1, 0.15) is 0 Å². The summed E-state index contributed by atoms with van der Waals surface area (Å²) in [6.45, 7) is 4.61. The summed E-state index contributed by atoms with van der Waals surface area (Å²) in [6, 6.07) is 1.10. The van der Waals surface area contributed by atoms with Crippen molar-refractivity contribution in [2.75, 3.05) is 0 Å². The number of rotatable bonds is 3. The van der Waals surface area contributed by atoms with Gasteiger partial charge in [0.2, 0.25) is 0 Å². The van der Waals surface area contributed by atoms with E-state index in [4.69, 9.17) is 0 Å². The molecular formula is C13H22N2S. The fourth-order valence-corrected chi connectivity index (χ4v) is 3.18. The Balaban J connectivity index is 1.84. The highest BCUT2D eigenvalue weighted by atomic mass is 32.1. The van der Waals surface area contributed by atoms with Crippen molar-refractivity contribution < 1.29 is 0 Å². The van der Waals surface area contributed by atoms with Crippen molar-refractivity contribution in [2.24, 2.45) is 5.92 Å². The van der Waals surface area contributed by atoms with Gasteiger partial charge < -0.3 is 5.32 Å². The summed E-state index contributed by atoms with van der Waals surface area (Å²) in [7, 11) is 0. The van der Waals surface area contributed by atoms with Gasteiger partial charge in [-0.05, 0) is 32.1 Å². The van der Waals surface area contributed by atoms with Crippen molar-refractivity contribution in [3.05, 3.63) is 16.6 Å². The first-order valence-corrected chi connectivity index (χ1v) is 7.34. The summed E-state index contributed by atoms with van der Waals surface area (Å²) in [4.78, 5) is 4.38. The molecule has 0 spiro atoms. The van der Waals surface area contributed by atoms with E-state index in [0.717, 1.165) is 5.92 Å². The van der Waals surface area contributed by atoms with Crippen LogP contribution in [0.3, 0.4) is 0 Å². The lowest BCUT2D eigenvalue weighted by molar-refractivity contribution is 0.405. The number of hydrogen-bond donors (Lipinski definition) is 1. The number of thiazole rings is 1. The number of nitrogens with one attached hydrogen (secondary N) is 1. The third kappa shape index (κ3) is 3.29. The van der Waals surface area contributed by atoms with E-state index < -0.39 is 0 Å². The van der Waals surface area contributed by atoms with Crippen LogP contribution in [0.25, 0.3) is 0 Å². The van der Waals surface area contributed by atoms with Crippen molar-refractivity contribution in [3.8, 4) is 0 Å². The maximum atomic E-state index is 4.38. The molecule has 90 valence electrons. The van der Waals surface area contributed by atoms with Crippen LogP contribution in [0.1, 0.15) is 57.7 Å². The molecule has 0 radical (unpaired) electrons. The minimum absolute atomic E-state index is 0.407. The lowest BCUT2D eigenvalue weighted by Crippen LogP contribution is -2.31. The van der Waals surface area contributed by atoms with Crippen LogP contribution >= 0.6 is 11.3 Å². The van der Waals surface area contributed by atoms with E-state index in [1.807, 2.05) is 5.51 Å². The Kier molecular flexibility index (Phi) is 4.36. The van der Waals surface area contributed by atoms with Gasteiger partial charge in [0.05, 0.1) is 11.2 Å². The second-order valence-electron chi connectivity index (χ2n) is 5.11. The van der Waals surface area contributed by atoms with Gasteiger partial charge in [-0.25, -0.2) is 4.98 Å². The van der Waals surface area contributed by atoms with Crippen LogP contribution in [-0.2, 0) is 0 Å². The van der Waals surface area contributed by atoms with Crippen LogP contribution in [-0.4, -0.2) is 11.0 Å². The molecule has 1 aromatic rings. The van der Waals surface area contributed by atoms with E-state index in [-0.39, 0.29) is 0 Å². The molecule has 3 atom stereocenters. The average Bonchev–Trinajstić information content (AvgIpc) is 2.72. The second-order valence-corrected chi connectivity index (χ2v) is 5.83. The highest BCUT2D eigenvalue weighted by Crippen LogP contribution is 2.24. The molecule has 3 unspecified atom stereocenters. The number of aromatic nitrogens is 1. The van der Waals surface area contributed by atoms with Crippen molar-refractivity contribution >= 4 is 11.3 Å². The van der Waals surface area contributed by atoms with Gasteiger partial charge >= 0.3 is 0 Å². The van der Waals surface area contributed by atoms with E-state index >= 15 is 0 Å². The average molecular weight is 238 g/mol. The Morgan fingerprint density at radius 1 is 1.38 bits per heavy atom. The SMILES string of the molecule is CC1CCCC(NC(C)c2cscn2)CC1. The van der Waals surface area contributed by atoms with Gasteiger partial charge in [0, 0.05) is 17.5 Å². The van der Waals surface area contributed by atoms with E-state index in [2.05, 4.69) is 29.5 Å². The predicted octanol–water partition coefficient (Wildman–Crippen LogP) is 3.76. The Morgan fingerprint density at radius 2 is 2.25 bits per heavy atom. The first-order valence-electron chi connectivity index (χ1n) is 6.40. The third-order valence-electron chi connectivity index (χ3n) is 3.64. The fraction of sp³-hybridized carbons (Fsp3) is 0.769. The van der Waals surface area contributed by atoms with Crippen molar-refractivity contribution in [1.82, 2.24) is 10.3 Å². The highest BCUT2D eigenvalue weighted by Gasteiger charge is 2.18. The smallest absolute Gasteiger partial charge is 0.0795 e. The Labute approximate surface area is 102 Å². The van der Waals surface area contributed by atoms with Crippen LogP contribution in [0.5, 0.6) is 0 Å². The third-order valence-corrected chi connectivity index (χ3v) is 4.24. The minimum Gasteiger partial charge on any atom is -0.306 e. The van der Waals surface area contributed by atoms with Gasteiger partial charge in [-0.1, -0.05) is 19.8 Å². The standard InChI is InChI=1S/C13H22N2S/c1-10-4-3-5-12(7-6-10)15-11(2)13-8-16-9-14-13/h8-12,15H,3-7H2,1-2H3. The fourth-order valence-electron chi connectivity index (χ4n) is 2.53. The summed E-state index contributed by atoms with van der Waals surface area (Å²) in [5.41, 5.74) is 3.12. The van der Waals surface area contributed by atoms with Crippen LogP contribution in [0.15, 0.2) is 10.9 Å². The lowest BCUT2D eigenvalue weighted by atomic mass is 10.0. The summed E-state index contributed by atoms with van der Waals surface area (Å²) in [5, 5.41) is 5.88. The highest BCUT2D eigenvalue weighted by molar-refractivity contribution is 7.07. The quantitative estimate of drug-likeness (QED) is 0.811. The zero-order chi connectivity index (χ0) is 11.4. The van der Waals surface area contributed by atoms with Crippen LogP contribution in [0.2, 0.25) is 0 Å². The summed E-state index contributed by atoms with van der Waals surface area (Å²) in [6.07, 6.45) is 6.82. The molecule has 2 rings (SSSR count). The topological polar surface area (TPSA) is 24.9 Å². The molecule has 1 aliphatic rings. The molecule has 1 saturated carbocycles. The molecule has 1 aromatic heterocycles. The van der Waals surface area contributed by atoms with Gasteiger partial charge in [0.25, 0.3) is 0 Å². The summed E-state index contributed by atoms with van der Waals surface area (Å²) < 4.78 is 0. The largest absolute Gasteiger partial charge is 0.306 e. The van der Waals surface area contributed by atoms with Gasteiger partial charge in [-0.15, -0.1) is 11.3 Å². The second kappa shape index (κ2) is 5.78. The molecule has 0 amide bonds. The molecule has 16 heavy (non-hydrogen) atoms. The molecule has 0 bridgehead atoms. The lowest BCUT2D eigenvalue weighted by Gasteiger charge is -2.20. The van der Waals surface area contributed by atoms with Crippen LogP contribution < -0.4 is 5.32 Å². The molecule has 0 saturated heterocycles. The number of hydrogen-bond acceptors (Lipinski definition) is 3. The first-order chi connectivity index (χ1) is 7.75. The molecule has 1 heterocycles. The molecular weight excluding hydrogens is 216 g/mol. The summed E-state index contributed by atoms with van der Waals surface area (Å²) in [5.74, 6) is 0.918. The van der Waals surface area contributed by atoms with Gasteiger partial charge in [-0.3, -0.25) is 0 Å². The Hall–Kier alpha value is -0.410. The zero-order valence-corrected chi connectivity index (χ0v) is 11.1. The van der Waals surface area contributed by atoms with Crippen LogP contribution in [0, 0.1) is 5.92 Å². The zero-order valence-electron chi connectivity index (χ0n) is 10.3. The maximum absolute atomic E-state index is 4.38.